The number of hydrogen-bond acceptors (Lipinski definition) is 3. The molecule has 1 atom stereocenters. The minimum Gasteiger partial charge on any atom is -0.312 e. The van der Waals surface area contributed by atoms with Gasteiger partial charge >= 0.3 is 0 Å². The van der Waals surface area contributed by atoms with Gasteiger partial charge in [-0.25, -0.2) is 0 Å². The molecule has 1 aromatic rings. The highest BCUT2D eigenvalue weighted by Crippen LogP contribution is 2.21. The van der Waals surface area contributed by atoms with Crippen LogP contribution < -0.4 is 5.32 Å². The van der Waals surface area contributed by atoms with Crippen LogP contribution >= 0.6 is 11.3 Å². The van der Waals surface area contributed by atoms with Crippen molar-refractivity contribution in [2.45, 2.75) is 46.2 Å². The highest BCUT2D eigenvalue weighted by Gasteiger charge is 2.20. The van der Waals surface area contributed by atoms with Crippen LogP contribution in [0.3, 0.4) is 0 Å². The second-order valence-electron chi connectivity index (χ2n) is 5.62. The first-order valence-electron chi connectivity index (χ1n) is 7.21. The molecule has 2 heterocycles. The van der Waals surface area contributed by atoms with E-state index in [-0.39, 0.29) is 0 Å². The zero-order valence-corrected chi connectivity index (χ0v) is 12.7. The van der Waals surface area contributed by atoms with Gasteiger partial charge in [0.15, 0.2) is 0 Å². The molecule has 1 aliphatic heterocycles. The van der Waals surface area contributed by atoms with Crippen molar-refractivity contribution in [3.63, 3.8) is 0 Å². The molecule has 0 saturated carbocycles. The van der Waals surface area contributed by atoms with E-state index in [0.29, 0.717) is 6.04 Å². The summed E-state index contributed by atoms with van der Waals surface area (Å²) in [4.78, 5) is 4.21. The number of aryl methyl sites for hydroxylation is 1. The lowest BCUT2D eigenvalue weighted by molar-refractivity contribution is 0.240. The van der Waals surface area contributed by atoms with Gasteiger partial charge in [0.05, 0.1) is 0 Å². The van der Waals surface area contributed by atoms with Gasteiger partial charge in [0, 0.05) is 24.0 Å². The Morgan fingerprint density at radius 1 is 1.50 bits per heavy atom. The van der Waals surface area contributed by atoms with Crippen LogP contribution in [0.2, 0.25) is 0 Å². The van der Waals surface area contributed by atoms with Crippen molar-refractivity contribution < 1.29 is 0 Å². The lowest BCUT2D eigenvalue weighted by Gasteiger charge is -2.26. The highest BCUT2D eigenvalue weighted by molar-refractivity contribution is 7.10. The van der Waals surface area contributed by atoms with Crippen LogP contribution in [-0.4, -0.2) is 30.6 Å². The third-order valence-electron chi connectivity index (χ3n) is 3.90. The molecule has 2 nitrogen and oxygen atoms in total. The molecule has 2 rings (SSSR count). The molecule has 0 amide bonds. The van der Waals surface area contributed by atoms with Crippen molar-refractivity contribution in [1.82, 2.24) is 10.2 Å². The maximum atomic E-state index is 3.68. The molecule has 1 fully saturated rings. The Labute approximate surface area is 115 Å². The smallest absolute Gasteiger partial charge is 0.0331 e. The summed E-state index contributed by atoms with van der Waals surface area (Å²) in [5, 5.41) is 5.92. The van der Waals surface area contributed by atoms with E-state index in [1.165, 1.54) is 32.5 Å². The van der Waals surface area contributed by atoms with Crippen LogP contribution in [0.15, 0.2) is 11.4 Å². The molecule has 1 aromatic heterocycles. The minimum atomic E-state index is 0.650. The first kappa shape index (κ1) is 14.0. The SMILES string of the molecule is CCc1ccsc1CN1CCCNC(C(C)C)C1. The van der Waals surface area contributed by atoms with Gasteiger partial charge in [-0.3, -0.25) is 4.90 Å². The molecular formula is C15H26N2S. The Hall–Kier alpha value is -0.380. The number of rotatable bonds is 4. The highest BCUT2D eigenvalue weighted by atomic mass is 32.1. The minimum absolute atomic E-state index is 0.650. The summed E-state index contributed by atoms with van der Waals surface area (Å²) in [6.07, 6.45) is 2.44. The van der Waals surface area contributed by atoms with Crippen molar-refractivity contribution in [2.75, 3.05) is 19.6 Å². The van der Waals surface area contributed by atoms with Crippen LogP contribution in [0.4, 0.5) is 0 Å². The Kier molecular flexibility index (Phi) is 5.22. The maximum absolute atomic E-state index is 3.68. The maximum Gasteiger partial charge on any atom is 0.0331 e. The first-order chi connectivity index (χ1) is 8.70. The molecule has 1 aliphatic rings. The fourth-order valence-electron chi connectivity index (χ4n) is 2.64. The molecule has 0 aliphatic carbocycles. The topological polar surface area (TPSA) is 15.3 Å². The second kappa shape index (κ2) is 6.69. The predicted octanol–water partition coefficient (Wildman–Crippen LogP) is 3.13. The Balaban J connectivity index is 1.99. The molecule has 1 unspecified atom stereocenters. The zero-order chi connectivity index (χ0) is 13.0. The van der Waals surface area contributed by atoms with Crippen molar-refractivity contribution in [3.05, 3.63) is 21.9 Å². The molecule has 0 spiro atoms. The molecule has 1 saturated heterocycles. The average Bonchev–Trinajstić information content (AvgIpc) is 2.65. The summed E-state index contributed by atoms with van der Waals surface area (Å²) in [6, 6.07) is 2.94. The van der Waals surface area contributed by atoms with E-state index in [1.54, 1.807) is 10.4 Å². The standard InChI is InChI=1S/C15H26N2S/c1-4-13-6-9-18-15(13)11-17-8-5-7-16-14(10-17)12(2)3/h6,9,12,14,16H,4-5,7-8,10-11H2,1-3H3. The van der Waals surface area contributed by atoms with E-state index in [9.17, 15) is 0 Å². The number of thiophene rings is 1. The molecule has 0 radical (unpaired) electrons. The lowest BCUT2D eigenvalue weighted by Crippen LogP contribution is -2.40. The molecule has 18 heavy (non-hydrogen) atoms. The van der Waals surface area contributed by atoms with Crippen molar-refractivity contribution in [2.24, 2.45) is 5.92 Å². The normalized spacial score (nSPS) is 22.3. The Morgan fingerprint density at radius 3 is 3.06 bits per heavy atom. The predicted molar refractivity (Wildman–Crippen MR) is 80.2 cm³/mol. The van der Waals surface area contributed by atoms with Crippen LogP contribution in [0.1, 0.15) is 37.6 Å². The van der Waals surface area contributed by atoms with Crippen molar-refractivity contribution in [1.29, 1.82) is 0 Å². The number of nitrogens with zero attached hydrogens (tertiary/aromatic N) is 1. The van der Waals surface area contributed by atoms with Crippen molar-refractivity contribution >= 4 is 11.3 Å². The fraction of sp³-hybridized carbons (Fsp3) is 0.733. The van der Waals surface area contributed by atoms with E-state index in [4.69, 9.17) is 0 Å². The fourth-order valence-corrected chi connectivity index (χ4v) is 3.66. The largest absolute Gasteiger partial charge is 0.312 e. The lowest BCUT2D eigenvalue weighted by atomic mass is 10.0. The number of nitrogens with one attached hydrogen (secondary N) is 1. The van der Waals surface area contributed by atoms with Crippen molar-refractivity contribution in [3.8, 4) is 0 Å². The summed E-state index contributed by atoms with van der Waals surface area (Å²) < 4.78 is 0. The monoisotopic (exact) mass is 266 g/mol. The molecule has 0 bridgehead atoms. The molecule has 0 aromatic carbocycles. The average molecular weight is 266 g/mol. The third-order valence-corrected chi connectivity index (χ3v) is 4.85. The molecule has 102 valence electrons. The van der Waals surface area contributed by atoms with Crippen LogP contribution in [0.5, 0.6) is 0 Å². The van der Waals surface area contributed by atoms with Gasteiger partial charge in [0.25, 0.3) is 0 Å². The van der Waals surface area contributed by atoms with E-state index in [2.05, 4.69) is 42.4 Å². The Morgan fingerprint density at radius 2 is 2.33 bits per heavy atom. The number of hydrogen-bond donors (Lipinski definition) is 1. The van der Waals surface area contributed by atoms with Gasteiger partial charge in [-0.05, 0) is 48.9 Å². The van der Waals surface area contributed by atoms with Crippen LogP contribution in [0, 0.1) is 5.92 Å². The molecule has 1 N–H and O–H groups in total. The van der Waals surface area contributed by atoms with Gasteiger partial charge in [0.1, 0.15) is 0 Å². The first-order valence-corrected chi connectivity index (χ1v) is 8.09. The van der Waals surface area contributed by atoms with Gasteiger partial charge in [0.2, 0.25) is 0 Å². The summed E-state index contributed by atoms with van der Waals surface area (Å²) in [7, 11) is 0. The van der Waals surface area contributed by atoms with E-state index >= 15 is 0 Å². The van der Waals surface area contributed by atoms with Gasteiger partial charge in [-0.2, -0.15) is 0 Å². The summed E-state index contributed by atoms with van der Waals surface area (Å²) >= 11 is 1.92. The Bertz CT molecular complexity index is 359. The van der Waals surface area contributed by atoms with E-state index in [1.807, 2.05) is 11.3 Å². The summed E-state index contributed by atoms with van der Waals surface area (Å²) in [6.45, 7) is 11.6. The van der Waals surface area contributed by atoms with Crippen LogP contribution in [-0.2, 0) is 13.0 Å². The zero-order valence-electron chi connectivity index (χ0n) is 11.9. The van der Waals surface area contributed by atoms with E-state index < -0.39 is 0 Å². The van der Waals surface area contributed by atoms with E-state index in [0.717, 1.165) is 12.5 Å². The summed E-state index contributed by atoms with van der Waals surface area (Å²) in [5.74, 6) is 0.722. The summed E-state index contributed by atoms with van der Waals surface area (Å²) in [5.41, 5.74) is 1.54. The molecular weight excluding hydrogens is 240 g/mol. The van der Waals surface area contributed by atoms with Gasteiger partial charge in [-0.1, -0.05) is 20.8 Å². The van der Waals surface area contributed by atoms with Gasteiger partial charge in [-0.15, -0.1) is 11.3 Å². The van der Waals surface area contributed by atoms with Crippen LogP contribution in [0.25, 0.3) is 0 Å². The quantitative estimate of drug-likeness (QED) is 0.901. The molecule has 3 heteroatoms. The third kappa shape index (κ3) is 3.56. The second-order valence-corrected chi connectivity index (χ2v) is 6.62. The van der Waals surface area contributed by atoms with Gasteiger partial charge < -0.3 is 5.32 Å².